The Morgan fingerprint density at radius 3 is 2.60 bits per heavy atom. The Morgan fingerprint density at radius 2 is 1.92 bits per heavy atom. The molecule has 0 bridgehead atoms. The van der Waals surface area contributed by atoms with E-state index in [4.69, 9.17) is 14.9 Å². The van der Waals surface area contributed by atoms with Crippen molar-refractivity contribution in [1.29, 1.82) is 0 Å². The van der Waals surface area contributed by atoms with Gasteiger partial charge >= 0.3 is 5.97 Å². The van der Waals surface area contributed by atoms with Crippen molar-refractivity contribution in [3.63, 3.8) is 0 Å². The first-order chi connectivity index (χ1) is 12.1. The molecule has 1 aromatic carbocycles. The summed E-state index contributed by atoms with van der Waals surface area (Å²) in [5, 5.41) is 0. The van der Waals surface area contributed by atoms with Crippen LogP contribution in [0.5, 0.6) is 0 Å². The van der Waals surface area contributed by atoms with Gasteiger partial charge in [0.2, 0.25) is 0 Å². The highest BCUT2D eigenvalue weighted by Gasteiger charge is 2.36. The van der Waals surface area contributed by atoms with Crippen LogP contribution in [0.2, 0.25) is 0 Å². The minimum atomic E-state index is -0.634. The third-order valence-corrected chi connectivity index (χ3v) is 4.13. The van der Waals surface area contributed by atoms with E-state index >= 15 is 0 Å². The van der Waals surface area contributed by atoms with E-state index in [1.54, 1.807) is 31.2 Å². The summed E-state index contributed by atoms with van der Waals surface area (Å²) in [4.78, 5) is 29.8. The summed E-state index contributed by atoms with van der Waals surface area (Å²) in [5.41, 5.74) is 8.44. The number of nitrogen functional groups attached to an aromatic ring is 1. The van der Waals surface area contributed by atoms with Crippen molar-refractivity contribution in [3.8, 4) is 22.6 Å². The van der Waals surface area contributed by atoms with Crippen molar-refractivity contribution in [3.05, 3.63) is 59.4 Å². The van der Waals surface area contributed by atoms with Crippen molar-refractivity contribution in [2.75, 3.05) is 12.3 Å². The molecule has 2 N–H and O–H groups in total. The topological polar surface area (TPSA) is 95.4 Å². The summed E-state index contributed by atoms with van der Waals surface area (Å²) in [6, 6.07) is 10.5. The van der Waals surface area contributed by atoms with Gasteiger partial charge in [-0.05, 0) is 19.1 Å². The summed E-state index contributed by atoms with van der Waals surface area (Å²) >= 11 is 0. The number of benzene rings is 1. The first-order valence-electron chi connectivity index (χ1n) is 7.82. The van der Waals surface area contributed by atoms with E-state index in [1.807, 2.05) is 12.1 Å². The number of nitrogens with two attached hydrogens (primary N) is 1. The normalized spacial score (nSPS) is 12.0. The molecule has 0 fully saturated rings. The smallest absolute Gasteiger partial charge is 0.342 e. The van der Waals surface area contributed by atoms with Crippen LogP contribution in [-0.2, 0) is 4.74 Å². The van der Waals surface area contributed by atoms with E-state index in [2.05, 4.69) is 4.98 Å². The van der Waals surface area contributed by atoms with Gasteiger partial charge in [-0.25, -0.2) is 9.78 Å². The minimum absolute atomic E-state index is 0.00750. The number of ether oxygens (including phenoxy) is 1. The lowest BCUT2D eigenvalue weighted by molar-refractivity contribution is 0.0528. The average molecular weight is 334 g/mol. The summed E-state index contributed by atoms with van der Waals surface area (Å²) in [5.74, 6) is -0.469. The zero-order chi connectivity index (χ0) is 17.6. The predicted octanol–water partition coefficient (Wildman–Crippen LogP) is 3.31. The number of hydrogen-bond acceptors (Lipinski definition) is 6. The number of ketones is 1. The van der Waals surface area contributed by atoms with E-state index in [0.29, 0.717) is 33.7 Å². The molecule has 1 aliphatic rings. The molecule has 0 spiro atoms. The molecule has 1 aliphatic carbocycles. The van der Waals surface area contributed by atoms with Crippen LogP contribution in [-0.4, -0.2) is 23.3 Å². The van der Waals surface area contributed by atoms with Crippen LogP contribution >= 0.6 is 0 Å². The largest absolute Gasteiger partial charge is 0.464 e. The van der Waals surface area contributed by atoms with E-state index in [9.17, 15) is 9.59 Å². The van der Waals surface area contributed by atoms with Crippen molar-refractivity contribution < 1.29 is 18.7 Å². The first-order valence-corrected chi connectivity index (χ1v) is 7.82. The van der Waals surface area contributed by atoms with Crippen LogP contribution in [0.1, 0.15) is 33.2 Å². The number of carbonyl (C=O) groups is 2. The maximum atomic E-state index is 13.0. The van der Waals surface area contributed by atoms with Crippen LogP contribution < -0.4 is 5.73 Å². The SMILES string of the molecule is CCOC(=O)c1c(N)nc2c(c1-c1ccco1)C(=O)c1ccccc1-2. The molecule has 4 rings (SSSR count). The highest BCUT2D eigenvalue weighted by molar-refractivity contribution is 6.25. The number of nitrogens with zero attached hydrogens (tertiary/aromatic N) is 1. The van der Waals surface area contributed by atoms with Gasteiger partial charge < -0.3 is 14.9 Å². The number of esters is 1. The van der Waals surface area contributed by atoms with Crippen LogP contribution in [0.3, 0.4) is 0 Å². The molecule has 6 nitrogen and oxygen atoms in total. The van der Waals surface area contributed by atoms with Gasteiger partial charge in [0.05, 0.1) is 24.1 Å². The highest BCUT2D eigenvalue weighted by Crippen LogP contribution is 2.43. The fourth-order valence-corrected chi connectivity index (χ4v) is 3.12. The molecule has 3 aromatic rings. The van der Waals surface area contributed by atoms with Gasteiger partial charge in [0.25, 0.3) is 0 Å². The van der Waals surface area contributed by atoms with Gasteiger partial charge in [-0.15, -0.1) is 0 Å². The number of rotatable bonds is 3. The number of carbonyl (C=O) groups excluding carboxylic acids is 2. The zero-order valence-corrected chi connectivity index (χ0v) is 13.4. The maximum absolute atomic E-state index is 13.0. The van der Waals surface area contributed by atoms with Crippen LogP contribution in [0.25, 0.3) is 22.6 Å². The van der Waals surface area contributed by atoms with Crippen LogP contribution in [0.15, 0.2) is 47.1 Å². The van der Waals surface area contributed by atoms with Gasteiger partial charge in [0, 0.05) is 16.7 Å². The average Bonchev–Trinajstić information content (AvgIpc) is 3.22. The molecule has 0 saturated carbocycles. The second-order valence-electron chi connectivity index (χ2n) is 5.54. The van der Waals surface area contributed by atoms with Gasteiger partial charge in [-0.1, -0.05) is 24.3 Å². The van der Waals surface area contributed by atoms with Gasteiger partial charge in [-0.2, -0.15) is 0 Å². The highest BCUT2D eigenvalue weighted by atomic mass is 16.5. The molecule has 25 heavy (non-hydrogen) atoms. The lowest BCUT2D eigenvalue weighted by Crippen LogP contribution is -2.14. The fraction of sp³-hybridized carbons (Fsp3) is 0.105. The molecule has 6 heteroatoms. The number of fused-ring (bicyclic) bond motifs is 3. The van der Waals surface area contributed by atoms with Gasteiger partial charge in [-0.3, -0.25) is 4.79 Å². The Hall–Kier alpha value is -3.41. The van der Waals surface area contributed by atoms with E-state index < -0.39 is 5.97 Å². The third kappa shape index (κ3) is 2.15. The van der Waals surface area contributed by atoms with Crippen molar-refractivity contribution in [1.82, 2.24) is 4.98 Å². The summed E-state index contributed by atoms with van der Waals surface area (Å²) < 4.78 is 10.6. The molecule has 0 amide bonds. The third-order valence-electron chi connectivity index (χ3n) is 4.13. The number of anilines is 1. The molecule has 2 aromatic heterocycles. The Bertz CT molecular complexity index is 1010. The molecule has 0 radical (unpaired) electrons. The summed E-state index contributed by atoms with van der Waals surface area (Å²) in [7, 11) is 0. The Labute approximate surface area is 143 Å². The number of aromatic nitrogens is 1. The first kappa shape index (κ1) is 15.1. The molecule has 2 heterocycles. The lowest BCUT2D eigenvalue weighted by atomic mass is 9.97. The zero-order valence-electron chi connectivity index (χ0n) is 13.4. The van der Waals surface area contributed by atoms with E-state index in [-0.39, 0.29) is 23.8 Å². The van der Waals surface area contributed by atoms with Crippen molar-refractivity contribution in [2.45, 2.75) is 6.92 Å². The molecule has 0 saturated heterocycles. The summed E-state index contributed by atoms with van der Waals surface area (Å²) in [6.45, 7) is 1.88. The predicted molar refractivity (Wildman–Crippen MR) is 91.2 cm³/mol. The molecule has 0 aliphatic heterocycles. The van der Waals surface area contributed by atoms with E-state index in [1.165, 1.54) is 6.26 Å². The standard InChI is InChI=1S/C19H14N2O4/c1-2-24-19(23)15-13(12-8-5-9-25-12)14-16(21-18(15)20)10-6-3-4-7-11(10)17(14)22/h3-9H,2H2,1H3,(H2,20,21). The second-order valence-corrected chi connectivity index (χ2v) is 5.54. The monoisotopic (exact) mass is 334 g/mol. The number of pyridine rings is 1. The Balaban J connectivity index is 2.08. The van der Waals surface area contributed by atoms with Crippen LogP contribution in [0, 0.1) is 0 Å². The maximum Gasteiger partial charge on any atom is 0.342 e. The minimum Gasteiger partial charge on any atom is -0.464 e. The van der Waals surface area contributed by atoms with E-state index in [0.717, 1.165) is 0 Å². The quantitative estimate of drug-likeness (QED) is 0.578. The van der Waals surface area contributed by atoms with Crippen molar-refractivity contribution in [2.24, 2.45) is 0 Å². The molecule has 0 atom stereocenters. The van der Waals surface area contributed by atoms with Crippen molar-refractivity contribution >= 4 is 17.6 Å². The molecule has 0 unspecified atom stereocenters. The molecular weight excluding hydrogens is 320 g/mol. The molecular formula is C19H14N2O4. The number of hydrogen-bond donors (Lipinski definition) is 1. The molecule has 124 valence electrons. The van der Waals surface area contributed by atoms with Gasteiger partial charge in [0.1, 0.15) is 17.1 Å². The van der Waals surface area contributed by atoms with Crippen LogP contribution in [0.4, 0.5) is 5.82 Å². The second kappa shape index (κ2) is 5.59. The summed E-state index contributed by atoms with van der Waals surface area (Å²) in [6.07, 6.45) is 1.47. The Morgan fingerprint density at radius 1 is 1.16 bits per heavy atom. The Kier molecular flexibility index (Phi) is 3.39. The lowest BCUT2D eigenvalue weighted by Gasteiger charge is -2.13. The number of furan rings is 1. The fourth-order valence-electron chi connectivity index (χ4n) is 3.12. The van der Waals surface area contributed by atoms with Gasteiger partial charge in [0.15, 0.2) is 5.78 Å².